The van der Waals surface area contributed by atoms with Gasteiger partial charge in [-0.25, -0.2) is 4.98 Å². The molecule has 0 radical (unpaired) electrons. The summed E-state index contributed by atoms with van der Waals surface area (Å²) in [6.45, 7) is 0.557. The van der Waals surface area contributed by atoms with Crippen molar-refractivity contribution in [1.29, 1.82) is 0 Å². The van der Waals surface area contributed by atoms with Crippen LogP contribution in [0.25, 0.3) is 5.78 Å². The first-order valence-electron chi connectivity index (χ1n) is 13.3. The number of likely N-dealkylation sites (tertiary alicyclic amines) is 1. The van der Waals surface area contributed by atoms with Crippen LogP contribution in [0, 0.1) is 0 Å². The number of fused-ring (bicyclic) bond motifs is 3. The maximum atomic E-state index is 13.8. The average Bonchev–Trinajstić information content (AvgIpc) is 3.53. The number of carbonyl (C=O) groups excluding carboxylic acids is 1. The van der Waals surface area contributed by atoms with E-state index in [1.165, 1.54) is 18.3 Å². The minimum Gasteiger partial charge on any atom is -0.505 e. The van der Waals surface area contributed by atoms with Crippen molar-refractivity contribution in [3.8, 4) is 5.75 Å². The van der Waals surface area contributed by atoms with Gasteiger partial charge in [-0.1, -0.05) is 11.6 Å². The molecule has 11 nitrogen and oxygen atoms in total. The minimum absolute atomic E-state index is 0.0311. The lowest BCUT2D eigenvalue weighted by Crippen LogP contribution is -2.46. The zero-order chi connectivity index (χ0) is 30.7. The molecule has 0 bridgehead atoms. The number of aliphatic hydroxyl groups excluding tert-OH is 1. The normalized spacial score (nSPS) is 16.9. The van der Waals surface area contributed by atoms with Gasteiger partial charge in [-0.05, 0) is 71.9 Å². The molecule has 16 heteroatoms. The number of carbonyl (C=O) groups is 1. The van der Waals surface area contributed by atoms with Crippen molar-refractivity contribution in [2.24, 2.45) is 0 Å². The van der Waals surface area contributed by atoms with E-state index in [0.717, 1.165) is 22.7 Å². The lowest BCUT2D eigenvalue weighted by molar-refractivity contribution is -0.137. The molecule has 0 saturated carbocycles. The maximum absolute atomic E-state index is 13.8. The van der Waals surface area contributed by atoms with Crippen LogP contribution >= 0.6 is 27.5 Å². The largest absolute Gasteiger partial charge is 0.505 e. The van der Waals surface area contributed by atoms with Crippen molar-refractivity contribution in [1.82, 2.24) is 29.0 Å². The summed E-state index contributed by atoms with van der Waals surface area (Å²) in [5, 5.41) is 27.8. The van der Waals surface area contributed by atoms with Crippen molar-refractivity contribution in [3.05, 3.63) is 79.2 Å². The lowest BCUT2D eigenvalue weighted by Gasteiger charge is -2.39. The van der Waals surface area contributed by atoms with Gasteiger partial charge < -0.3 is 25.0 Å². The number of anilines is 1. The first-order chi connectivity index (χ1) is 20.4. The fraction of sp³-hybridized carbons (Fsp3) is 0.370. The molecule has 4 aromatic rings. The highest BCUT2D eigenvalue weighted by Gasteiger charge is 2.46. The van der Waals surface area contributed by atoms with E-state index in [9.17, 15) is 33.0 Å². The number of hydrogen-bond donors (Lipinski definition) is 3. The Bertz CT molecular complexity index is 1800. The number of alkyl halides is 3. The van der Waals surface area contributed by atoms with Gasteiger partial charge in [-0.15, -0.1) is 5.10 Å². The molecule has 1 spiro atoms. The molecule has 3 N–H and O–H groups in total. The topological polar surface area (TPSA) is 138 Å². The maximum Gasteiger partial charge on any atom is 0.416 e. The van der Waals surface area contributed by atoms with Gasteiger partial charge in [0, 0.05) is 36.0 Å². The molecule has 4 heterocycles. The summed E-state index contributed by atoms with van der Waals surface area (Å²) in [7, 11) is 0. The van der Waals surface area contributed by atoms with Gasteiger partial charge in [-0.2, -0.15) is 22.7 Å². The van der Waals surface area contributed by atoms with E-state index in [4.69, 9.17) is 11.6 Å². The smallest absolute Gasteiger partial charge is 0.416 e. The highest BCUT2D eigenvalue weighted by molar-refractivity contribution is 9.10. The van der Waals surface area contributed by atoms with Gasteiger partial charge in [0.2, 0.25) is 10.5 Å². The number of benzene rings is 1. The van der Waals surface area contributed by atoms with E-state index < -0.39 is 29.3 Å². The second kappa shape index (κ2) is 10.8. The van der Waals surface area contributed by atoms with Gasteiger partial charge in [0.05, 0.1) is 22.8 Å². The monoisotopic (exact) mass is 681 g/mol. The predicted molar refractivity (Wildman–Crippen MR) is 152 cm³/mol. The summed E-state index contributed by atoms with van der Waals surface area (Å²) in [6, 6.07) is 5.71. The number of halogens is 5. The van der Waals surface area contributed by atoms with Gasteiger partial charge in [-0.3, -0.25) is 9.59 Å². The third-order valence-electron chi connectivity index (χ3n) is 8.17. The third kappa shape index (κ3) is 5.23. The van der Waals surface area contributed by atoms with E-state index in [1.807, 2.05) is 0 Å². The van der Waals surface area contributed by atoms with Crippen LogP contribution in [0.4, 0.5) is 18.9 Å². The Balaban J connectivity index is 1.29. The van der Waals surface area contributed by atoms with Gasteiger partial charge in [0.15, 0.2) is 5.69 Å². The number of amides is 1. The third-order valence-corrected chi connectivity index (χ3v) is 8.82. The molecule has 3 aromatic heterocycles. The van der Waals surface area contributed by atoms with E-state index in [0.29, 0.717) is 50.0 Å². The molecule has 1 unspecified atom stereocenters. The highest BCUT2D eigenvalue weighted by atomic mass is 79.9. The zero-order valence-electron chi connectivity index (χ0n) is 22.3. The molecule has 226 valence electrons. The lowest BCUT2D eigenvalue weighted by atomic mass is 9.74. The summed E-state index contributed by atoms with van der Waals surface area (Å²) >= 11 is 9.29. The number of aromatic hydroxyl groups is 1. The first kappa shape index (κ1) is 29.4. The van der Waals surface area contributed by atoms with Crippen LogP contribution in [-0.4, -0.2) is 64.5 Å². The summed E-state index contributed by atoms with van der Waals surface area (Å²) in [5.41, 5.74) is -0.543. The second-order valence-corrected chi connectivity index (χ2v) is 11.7. The molecule has 1 atom stereocenters. The summed E-state index contributed by atoms with van der Waals surface area (Å²) in [6.07, 6.45) is -2.36. The number of aliphatic hydroxyl groups is 1. The summed E-state index contributed by atoms with van der Waals surface area (Å²) < 4.78 is 42.2. The van der Waals surface area contributed by atoms with Gasteiger partial charge >= 0.3 is 6.18 Å². The van der Waals surface area contributed by atoms with Crippen molar-refractivity contribution >= 4 is 44.9 Å². The Morgan fingerprint density at radius 3 is 2.63 bits per heavy atom. The predicted octanol–water partition coefficient (Wildman–Crippen LogP) is 3.98. The van der Waals surface area contributed by atoms with Crippen molar-refractivity contribution in [3.63, 3.8) is 0 Å². The zero-order valence-corrected chi connectivity index (χ0v) is 24.6. The molecule has 6 rings (SSSR count). The van der Waals surface area contributed by atoms with Gasteiger partial charge in [0.1, 0.15) is 12.0 Å². The molecule has 1 aliphatic carbocycles. The molecule has 1 saturated heterocycles. The van der Waals surface area contributed by atoms with Crippen LogP contribution in [0.2, 0.25) is 5.02 Å². The van der Waals surface area contributed by atoms with E-state index in [2.05, 4.69) is 36.3 Å². The Morgan fingerprint density at radius 2 is 1.95 bits per heavy atom. The van der Waals surface area contributed by atoms with E-state index in [1.54, 1.807) is 9.47 Å². The SMILES string of the molecule is O=C(c1ncccc1O)N1CCC2(CCc3c2c(=O)n2nc(Br)nc2n3CC(O)Nc2ccc(C(F)(F)F)cc2Cl)CC1. The molecule has 1 fully saturated rings. The number of nitrogens with one attached hydrogen (secondary N) is 1. The second-order valence-electron chi connectivity index (χ2n) is 10.6. The first-order valence-corrected chi connectivity index (χ1v) is 14.5. The minimum atomic E-state index is -4.57. The Hall–Kier alpha value is -3.69. The van der Waals surface area contributed by atoms with E-state index >= 15 is 0 Å². The van der Waals surface area contributed by atoms with Crippen molar-refractivity contribution in [2.75, 3.05) is 18.4 Å². The number of rotatable bonds is 5. The summed E-state index contributed by atoms with van der Waals surface area (Å²) in [5.74, 6) is -0.411. The van der Waals surface area contributed by atoms with Gasteiger partial charge in [0.25, 0.3) is 11.5 Å². The van der Waals surface area contributed by atoms with Crippen LogP contribution in [0.3, 0.4) is 0 Å². The molecule has 1 amide bonds. The molecular weight excluding hydrogens is 659 g/mol. The Labute approximate surface area is 255 Å². The van der Waals surface area contributed by atoms with E-state index in [-0.39, 0.29) is 44.8 Å². The number of pyridine rings is 1. The number of aromatic nitrogens is 5. The van der Waals surface area contributed by atoms with Crippen LogP contribution < -0.4 is 10.9 Å². The van der Waals surface area contributed by atoms with Crippen LogP contribution in [-0.2, 0) is 24.6 Å². The fourth-order valence-electron chi connectivity index (χ4n) is 6.10. The Morgan fingerprint density at radius 1 is 1.21 bits per heavy atom. The standard InChI is InChI=1S/C27H24BrClF3N7O4/c28-24-35-25-38(13-19(41)34-16-4-3-14(12-15(16)29)27(30,31)32)17-5-6-26(20(17)22(42)39(25)36-24)7-10-37(11-8-26)23(43)21-18(40)2-1-9-33-21/h1-4,9,12,19,34,40-41H,5-8,10-11,13H2. The quantitative estimate of drug-likeness (QED) is 0.269. The number of hydrogen-bond acceptors (Lipinski definition) is 8. The molecule has 1 aliphatic heterocycles. The molecular formula is C27H24BrClF3N7O4. The van der Waals surface area contributed by atoms with Crippen molar-refractivity contribution < 1.29 is 28.2 Å². The number of nitrogens with zero attached hydrogens (tertiary/aromatic N) is 6. The average molecular weight is 683 g/mol. The summed E-state index contributed by atoms with van der Waals surface area (Å²) in [4.78, 5) is 36.8. The number of piperidine rings is 1. The van der Waals surface area contributed by atoms with Crippen LogP contribution in [0.5, 0.6) is 5.75 Å². The molecule has 43 heavy (non-hydrogen) atoms. The molecule has 1 aromatic carbocycles. The van der Waals surface area contributed by atoms with Crippen LogP contribution in [0.15, 0.2) is 46.1 Å². The highest BCUT2D eigenvalue weighted by Crippen LogP contribution is 2.45. The fourth-order valence-corrected chi connectivity index (χ4v) is 6.65. The molecule has 2 aliphatic rings. The van der Waals surface area contributed by atoms with Crippen molar-refractivity contribution in [2.45, 2.75) is 50.0 Å². The van der Waals surface area contributed by atoms with Crippen LogP contribution in [0.1, 0.15) is 46.6 Å². The Kier molecular flexibility index (Phi) is 7.37.